The van der Waals surface area contributed by atoms with Crippen molar-refractivity contribution in [2.24, 2.45) is 0 Å². The fourth-order valence-corrected chi connectivity index (χ4v) is 2.18. The second-order valence-corrected chi connectivity index (χ2v) is 5.39. The van der Waals surface area contributed by atoms with Gasteiger partial charge in [0.2, 0.25) is 11.8 Å². The van der Waals surface area contributed by atoms with Gasteiger partial charge in [-0.3, -0.25) is 9.59 Å². The molecule has 6 nitrogen and oxygen atoms in total. The van der Waals surface area contributed by atoms with Gasteiger partial charge in [-0.05, 0) is 25.0 Å². The number of hydrogen-bond acceptors (Lipinski definition) is 3. The number of benzene rings is 1. The summed E-state index contributed by atoms with van der Waals surface area (Å²) in [6.45, 7) is 1.86. The molecule has 6 heteroatoms. The number of carbonyl (C=O) groups excluding carboxylic acids is 2. The van der Waals surface area contributed by atoms with Crippen molar-refractivity contribution in [3.63, 3.8) is 0 Å². The first-order chi connectivity index (χ1) is 11.0. The van der Waals surface area contributed by atoms with Gasteiger partial charge in [0.05, 0.1) is 0 Å². The van der Waals surface area contributed by atoms with Crippen LogP contribution >= 0.6 is 0 Å². The summed E-state index contributed by atoms with van der Waals surface area (Å²) in [5.74, 6) is -1.44. The Morgan fingerprint density at radius 1 is 1.17 bits per heavy atom. The number of carboxylic acids is 1. The lowest BCUT2D eigenvalue weighted by molar-refractivity contribution is -0.142. The molecule has 0 aliphatic heterocycles. The standard InChI is InChI=1S/C17H24N2O4/c1-3-8-14(17(22)23)18-15(20)11-7-12-16(21)19(2)13-9-5-4-6-10-13/h4-6,9-10,14H,3,7-8,11-12H2,1-2H3,(H,18,20)(H,22,23). The third-order valence-electron chi connectivity index (χ3n) is 3.52. The number of aliphatic carboxylic acids is 1. The van der Waals surface area contributed by atoms with Gasteiger partial charge in [0.1, 0.15) is 6.04 Å². The normalized spacial score (nSPS) is 11.6. The lowest BCUT2D eigenvalue weighted by atomic mass is 10.1. The van der Waals surface area contributed by atoms with E-state index >= 15 is 0 Å². The average molecular weight is 320 g/mol. The minimum Gasteiger partial charge on any atom is -0.480 e. The number of para-hydroxylation sites is 1. The van der Waals surface area contributed by atoms with E-state index in [2.05, 4.69) is 5.32 Å². The van der Waals surface area contributed by atoms with E-state index in [4.69, 9.17) is 5.11 Å². The third kappa shape index (κ3) is 6.50. The Balaban J connectivity index is 2.36. The monoisotopic (exact) mass is 320 g/mol. The van der Waals surface area contributed by atoms with Crippen molar-refractivity contribution in [2.75, 3.05) is 11.9 Å². The zero-order valence-corrected chi connectivity index (χ0v) is 13.6. The van der Waals surface area contributed by atoms with Gasteiger partial charge >= 0.3 is 5.97 Å². The van der Waals surface area contributed by atoms with Crippen LogP contribution in [0.25, 0.3) is 0 Å². The molecule has 1 aromatic carbocycles. The molecule has 2 N–H and O–H groups in total. The summed E-state index contributed by atoms with van der Waals surface area (Å²) >= 11 is 0. The topological polar surface area (TPSA) is 86.7 Å². The summed E-state index contributed by atoms with van der Waals surface area (Å²) in [6.07, 6.45) is 1.85. The van der Waals surface area contributed by atoms with Crippen molar-refractivity contribution < 1.29 is 19.5 Å². The Hall–Kier alpha value is -2.37. The molecule has 0 heterocycles. The predicted molar refractivity (Wildman–Crippen MR) is 88.2 cm³/mol. The van der Waals surface area contributed by atoms with Gasteiger partial charge in [0.15, 0.2) is 0 Å². The number of nitrogens with zero attached hydrogens (tertiary/aromatic N) is 1. The first kappa shape index (κ1) is 18.7. The number of carbonyl (C=O) groups is 3. The van der Waals surface area contributed by atoms with E-state index in [0.717, 1.165) is 5.69 Å². The highest BCUT2D eigenvalue weighted by Gasteiger charge is 2.19. The van der Waals surface area contributed by atoms with Crippen LogP contribution in [0.4, 0.5) is 5.69 Å². The molecule has 0 radical (unpaired) electrons. The number of hydrogen-bond donors (Lipinski definition) is 2. The van der Waals surface area contributed by atoms with E-state index in [0.29, 0.717) is 19.3 Å². The second-order valence-electron chi connectivity index (χ2n) is 5.39. The number of anilines is 1. The van der Waals surface area contributed by atoms with Crippen molar-refractivity contribution >= 4 is 23.5 Å². The SMILES string of the molecule is CCCC(NC(=O)CCCC(=O)N(C)c1ccccc1)C(=O)O. The zero-order valence-electron chi connectivity index (χ0n) is 13.6. The number of rotatable bonds is 9. The van der Waals surface area contributed by atoms with Crippen molar-refractivity contribution in [3.05, 3.63) is 30.3 Å². The van der Waals surface area contributed by atoms with Crippen LogP contribution in [0.5, 0.6) is 0 Å². The fraction of sp³-hybridized carbons (Fsp3) is 0.471. The largest absolute Gasteiger partial charge is 0.480 e. The Morgan fingerprint density at radius 3 is 2.39 bits per heavy atom. The van der Waals surface area contributed by atoms with E-state index in [1.807, 2.05) is 37.3 Å². The summed E-state index contributed by atoms with van der Waals surface area (Å²) in [6, 6.07) is 8.41. The Kier molecular flexibility index (Phi) is 7.80. The summed E-state index contributed by atoms with van der Waals surface area (Å²) in [5, 5.41) is 11.5. The van der Waals surface area contributed by atoms with Crippen LogP contribution in [-0.2, 0) is 14.4 Å². The summed E-state index contributed by atoms with van der Waals surface area (Å²) < 4.78 is 0. The summed E-state index contributed by atoms with van der Waals surface area (Å²) in [5.41, 5.74) is 0.802. The van der Waals surface area contributed by atoms with Crippen LogP contribution < -0.4 is 10.2 Å². The van der Waals surface area contributed by atoms with E-state index < -0.39 is 12.0 Å². The lowest BCUT2D eigenvalue weighted by Gasteiger charge is -2.17. The Bertz CT molecular complexity index is 531. The highest BCUT2D eigenvalue weighted by atomic mass is 16.4. The van der Waals surface area contributed by atoms with Gasteiger partial charge in [-0.1, -0.05) is 31.5 Å². The quantitative estimate of drug-likeness (QED) is 0.730. The maximum absolute atomic E-state index is 12.1. The predicted octanol–water partition coefficient (Wildman–Crippen LogP) is 2.19. The molecule has 2 amide bonds. The fourth-order valence-electron chi connectivity index (χ4n) is 2.18. The maximum atomic E-state index is 12.1. The van der Waals surface area contributed by atoms with Crippen LogP contribution in [0.3, 0.4) is 0 Å². The number of carboxylic acid groups (broad SMARTS) is 1. The van der Waals surface area contributed by atoms with Gasteiger partial charge in [0.25, 0.3) is 0 Å². The number of nitrogens with one attached hydrogen (secondary N) is 1. The average Bonchev–Trinajstić information content (AvgIpc) is 2.54. The molecule has 1 rings (SSSR count). The van der Waals surface area contributed by atoms with Crippen molar-refractivity contribution in [1.82, 2.24) is 5.32 Å². The Labute approximate surface area is 136 Å². The van der Waals surface area contributed by atoms with Gasteiger partial charge in [-0.2, -0.15) is 0 Å². The molecule has 126 valence electrons. The zero-order chi connectivity index (χ0) is 17.2. The van der Waals surface area contributed by atoms with Crippen molar-refractivity contribution in [1.29, 1.82) is 0 Å². The molecular weight excluding hydrogens is 296 g/mol. The third-order valence-corrected chi connectivity index (χ3v) is 3.52. The first-order valence-corrected chi connectivity index (χ1v) is 7.79. The molecule has 1 atom stereocenters. The van der Waals surface area contributed by atoms with Gasteiger partial charge in [0, 0.05) is 25.6 Å². The second kappa shape index (κ2) is 9.61. The van der Waals surface area contributed by atoms with Crippen molar-refractivity contribution in [2.45, 2.75) is 45.1 Å². The molecular formula is C17H24N2O4. The molecule has 0 aliphatic carbocycles. The van der Waals surface area contributed by atoms with E-state index in [9.17, 15) is 14.4 Å². The van der Waals surface area contributed by atoms with Crippen LogP contribution in [0.2, 0.25) is 0 Å². The van der Waals surface area contributed by atoms with Gasteiger partial charge in [-0.25, -0.2) is 4.79 Å². The van der Waals surface area contributed by atoms with E-state index in [-0.39, 0.29) is 24.7 Å². The molecule has 23 heavy (non-hydrogen) atoms. The van der Waals surface area contributed by atoms with Crippen LogP contribution in [0.1, 0.15) is 39.0 Å². The molecule has 0 spiro atoms. The minimum atomic E-state index is -1.03. The lowest BCUT2D eigenvalue weighted by Crippen LogP contribution is -2.40. The molecule has 0 fully saturated rings. The number of amides is 2. The van der Waals surface area contributed by atoms with Crippen LogP contribution in [0.15, 0.2) is 30.3 Å². The van der Waals surface area contributed by atoms with Crippen molar-refractivity contribution in [3.8, 4) is 0 Å². The molecule has 0 aliphatic rings. The maximum Gasteiger partial charge on any atom is 0.326 e. The summed E-state index contributed by atoms with van der Waals surface area (Å²) in [7, 11) is 1.69. The minimum absolute atomic E-state index is 0.0765. The Morgan fingerprint density at radius 2 is 1.83 bits per heavy atom. The van der Waals surface area contributed by atoms with Crippen LogP contribution in [0, 0.1) is 0 Å². The summed E-state index contributed by atoms with van der Waals surface area (Å²) in [4.78, 5) is 36.3. The smallest absolute Gasteiger partial charge is 0.326 e. The highest BCUT2D eigenvalue weighted by molar-refractivity contribution is 5.93. The first-order valence-electron chi connectivity index (χ1n) is 7.79. The van der Waals surface area contributed by atoms with Gasteiger partial charge < -0.3 is 15.3 Å². The molecule has 0 saturated heterocycles. The van der Waals surface area contributed by atoms with Crippen LogP contribution in [-0.4, -0.2) is 36.0 Å². The molecule has 0 aromatic heterocycles. The molecule has 0 bridgehead atoms. The highest BCUT2D eigenvalue weighted by Crippen LogP contribution is 2.13. The molecule has 1 aromatic rings. The molecule has 0 saturated carbocycles. The van der Waals surface area contributed by atoms with E-state index in [1.54, 1.807) is 11.9 Å². The van der Waals surface area contributed by atoms with E-state index in [1.165, 1.54) is 0 Å². The molecule has 1 unspecified atom stereocenters. The van der Waals surface area contributed by atoms with Gasteiger partial charge in [-0.15, -0.1) is 0 Å².